The summed E-state index contributed by atoms with van der Waals surface area (Å²) in [5, 5.41) is 5.95. The number of hydrogen-bond donors (Lipinski definition) is 2. The van der Waals surface area contributed by atoms with Crippen LogP contribution in [-0.4, -0.2) is 40.9 Å². The minimum absolute atomic E-state index is 0.142. The topological polar surface area (TPSA) is 78.5 Å². The molecule has 25 heavy (non-hydrogen) atoms. The summed E-state index contributed by atoms with van der Waals surface area (Å²) >= 11 is 0. The Morgan fingerprint density at radius 1 is 1.12 bits per heavy atom. The summed E-state index contributed by atoms with van der Waals surface area (Å²) in [6.07, 6.45) is 8.76. The van der Waals surface area contributed by atoms with Gasteiger partial charge in [-0.1, -0.05) is 52.4 Å². The van der Waals surface area contributed by atoms with Gasteiger partial charge in [0.15, 0.2) is 0 Å². The summed E-state index contributed by atoms with van der Waals surface area (Å²) in [7, 11) is 0. The zero-order chi connectivity index (χ0) is 18.0. The van der Waals surface area contributed by atoms with Crippen molar-refractivity contribution < 1.29 is 14.4 Å². The van der Waals surface area contributed by atoms with Crippen molar-refractivity contribution in [2.45, 2.75) is 83.2 Å². The van der Waals surface area contributed by atoms with Crippen LogP contribution in [0.5, 0.6) is 0 Å². The Balaban J connectivity index is 1.61. The van der Waals surface area contributed by atoms with E-state index in [2.05, 4.69) is 24.5 Å². The number of amides is 4. The molecule has 6 nitrogen and oxygen atoms in total. The van der Waals surface area contributed by atoms with Gasteiger partial charge >= 0.3 is 6.03 Å². The first-order valence-corrected chi connectivity index (χ1v) is 9.86. The minimum Gasteiger partial charge on any atom is -0.352 e. The van der Waals surface area contributed by atoms with Crippen LogP contribution in [0.2, 0.25) is 0 Å². The lowest BCUT2D eigenvalue weighted by atomic mass is 9.78. The van der Waals surface area contributed by atoms with E-state index in [9.17, 15) is 14.4 Å². The molecule has 2 saturated carbocycles. The van der Waals surface area contributed by atoms with E-state index < -0.39 is 11.6 Å². The lowest BCUT2D eigenvalue weighted by Crippen LogP contribution is -2.49. The van der Waals surface area contributed by atoms with Gasteiger partial charge in [0.25, 0.3) is 5.91 Å². The molecule has 4 amide bonds. The number of nitrogens with zero attached hydrogens (tertiary/aromatic N) is 1. The Kier molecular flexibility index (Phi) is 5.35. The van der Waals surface area contributed by atoms with Gasteiger partial charge in [-0.05, 0) is 31.1 Å². The molecule has 3 atom stereocenters. The van der Waals surface area contributed by atoms with Crippen molar-refractivity contribution in [3.8, 4) is 0 Å². The standard InChI is InChI=1S/C19H31N3O3/c1-13-8-7-9-15(14(13)2)20-16(23)12-22-17(24)19(21-18(22)25)10-5-3-4-6-11-19/h13-15H,3-12H2,1-2H3,(H,20,23)(H,21,25). The maximum Gasteiger partial charge on any atom is 0.325 e. The molecule has 1 spiro atoms. The minimum atomic E-state index is -0.763. The van der Waals surface area contributed by atoms with E-state index in [1.807, 2.05) is 0 Å². The molecular weight excluding hydrogens is 318 g/mol. The van der Waals surface area contributed by atoms with E-state index in [4.69, 9.17) is 0 Å². The van der Waals surface area contributed by atoms with Gasteiger partial charge in [-0.15, -0.1) is 0 Å². The third-order valence-electron chi connectivity index (χ3n) is 6.56. The Morgan fingerprint density at radius 2 is 1.80 bits per heavy atom. The van der Waals surface area contributed by atoms with Crippen molar-refractivity contribution in [2.75, 3.05) is 6.54 Å². The third kappa shape index (κ3) is 3.67. The number of imide groups is 1. The Labute approximate surface area is 150 Å². The van der Waals surface area contributed by atoms with Crippen molar-refractivity contribution in [3.05, 3.63) is 0 Å². The Morgan fingerprint density at radius 3 is 2.48 bits per heavy atom. The Hall–Kier alpha value is -1.59. The second-order valence-corrected chi connectivity index (χ2v) is 8.26. The van der Waals surface area contributed by atoms with Crippen LogP contribution in [0.15, 0.2) is 0 Å². The lowest BCUT2D eigenvalue weighted by Gasteiger charge is -2.34. The first-order valence-electron chi connectivity index (χ1n) is 9.86. The lowest BCUT2D eigenvalue weighted by molar-refractivity contribution is -0.135. The zero-order valence-electron chi connectivity index (χ0n) is 15.5. The molecule has 2 aliphatic carbocycles. The van der Waals surface area contributed by atoms with Gasteiger partial charge < -0.3 is 10.6 Å². The van der Waals surface area contributed by atoms with Crippen molar-refractivity contribution in [1.82, 2.24) is 15.5 Å². The van der Waals surface area contributed by atoms with Gasteiger partial charge in [0.05, 0.1) is 0 Å². The summed E-state index contributed by atoms with van der Waals surface area (Å²) in [6.45, 7) is 4.23. The number of rotatable bonds is 3. The second-order valence-electron chi connectivity index (χ2n) is 8.26. The van der Waals surface area contributed by atoms with Gasteiger partial charge in [-0.3, -0.25) is 14.5 Å². The number of hydrogen-bond acceptors (Lipinski definition) is 3. The number of carbonyl (C=O) groups excluding carboxylic acids is 3. The number of urea groups is 1. The van der Waals surface area contributed by atoms with Crippen LogP contribution in [0.25, 0.3) is 0 Å². The smallest absolute Gasteiger partial charge is 0.325 e. The molecule has 0 radical (unpaired) electrons. The summed E-state index contributed by atoms with van der Waals surface area (Å²) in [6, 6.07) is -0.268. The summed E-state index contributed by atoms with van der Waals surface area (Å²) in [4.78, 5) is 38.8. The van der Waals surface area contributed by atoms with Gasteiger partial charge in [0.2, 0.25) is 5.91 Å². The highest BCUT2D eigenvalue weighted by molar-refractivity contribution is 6.09. The number of nitrogens with one attached hydrogen (secondary N) is 2. The number of carbonyl (C=O) groups is 3. The van der Waals surface area contributed by atoms with E-state index in [-0.39, 0.29) is 24.4 Å². The van der Waals surface area contributed by atoms with Crippen LogP contribution >= 0.6 is 0 Å². The fraction of sp³-hybridized carbons (Fsp3) is 0.842. The van der Waals surface area contributed by atoms with Crippen LogP contribution in [0.4, 0.5) is 4.79 Å². The molecule has 3 fully saturated rings. The molecule has 0 bridgehead atoms. The predicted octanol–water partition coefficient (Wildman–Crippen LogP) is 2.57. The summed E-state index contributed by atoms with van der Waals surface area (Å²) in [5.41, 5.74) is -0.763. The summed E-state index contributed by atoms with van der Waals surface area (Å²) < 4.78 is 0. The van der Waals surface area contributed by atoms with Gasteiger partial charge in [0, 0.05) is 6.04 Å². The highest BCUT2D eigenvalue weighted by atomic mass is 16.2. The van der Waals surface area contributed by atoms with Crippen molar-refractivity contribution in [1.29, 1.82) is 0 Å². The molecule has 0 aromatic rings. The van der Waals surface area contributed by atoms with E-state index in [1.54, 1.807) is 0 Å². The van der Waals surface area contributed by atoms with Crippen LogP contribution in [0, 0.1) is 11.8 Å². The van der Waals surface area contributed by atoms with E-state index in [0.29, 0.717) is 24.7 Å². The molecule has 1 aliphatic heterocycles. The fourth-order valence-corrected chi connectivity index (χ4v) is 4.67. The Bertz CT molecular complexity index is 540. The van der Waals surface area contributed by atoms with E-state index in [0.717, 1.165) is 43.4 Å². The first-order chi connectivity index (χ1) is 11.9. The molecule has 140 valence electrons. The van der Waals surface area contributed by atoms with Crippen molar-refractivity contribution in [2.24, 2.45) is 11.8 Å². The average molecular weight is 349 g/mol. The molecule has 1 heterocycles. The zero-order valence-corrected chi connectivity index (χ0v) is 15.5. The van der Waals surface area contributed by atoms with Gasteiger partial charge in [0.1, 0.15) is 12.1 Å². The molecule has 6 heteroatoms. The molecule has 1 saturated heterocycles. The first kappa shape index (κ1) is 18.2. The largest absolute Gasteiger partial charge is 0.352 e. The average Bonchev–Trinajstić information content (AvgIpc) is 2.74. The van der Waals surface area contributed by atoms with Gasteiger partial charge in [-0.25, -0.2) is 4.79 Å². The molecule has 3 unspecified atom stereocenters. The summed E-state index contributed by atoms with van der Waals surface area (Å²) in [5.74, 6) is 0.582. The van der Waals surface area contributed by atoms with Crippen molar-refractivity contribution >= 4 is 17.8 Å². The third-order valence-corrected chi connectivity index (χ3v) is 6.56. The van der Waals surface area contributed by atoms with Crippen LogP contribution in [-0.2, 0) is 9.59 Å². The fourth-order valence-electron chi connectivity index (χ4n) is 4.67. The van der Waals surface area contributed by atoms with Gasteiger partial charge in [-0.2, -0.15) is 0 Å². The quantitative estimate of drug-likeness (QED) is 0.769. The maximum absolute atomic E-state index is 12.9. The van der Waals surface area contributed by atoms with Crippen LogP contribution < -0.4 is 10.6 Å². The molecule has 0 aromatic carbocycles. The highest BCUT2D eigenvalue weighted by Gasteiger charge is 2.51. The molecule has 3 aliphatic rings. The van der Waals surface area contributed by atoms with E-state index >= 15 is 0 Å². The van der Waals surface area contributed by atoms with Crippen molar-refractivity contribution in [3.63, 3.8) is 0 Å². The van der Waals surface area contributed by atoms with Crippen LogP contribution in [0.1, 0.15) is 71.6 Å². The predicted molar refractivity (Wildman–Crippen MR) is 94.8 cm³/mol. The van der Waals surface area contributed by atoms with E-state index in [1.165, 1.54) is 6.42 Å². The molecule has 0 aromatic heterocycles. The normalized spacial score (nSPS) is 32.4. The highest BCUT2D eigenvalue weighted by Crippen LogP contribution is 2.33. The monoisotopic (exact) mass is 349 g/mol. The molecule has 2 N–H and O–H groups in total. The van der Waals surface area contributed by atoms with Crippen LogP contribution in [0.3, 0.4) is 0 Å². The second kappa shape index (κ2) is 7.34. The molecule has 3 rings (SSSR count). The maximum atomic E-state index is 12.9. The molecular formula is C19H31N3O3. The SMILES string of the molecule is CC1CCCC(NC(=O)CN2C(=O)NC3(CCCCCC3)C2=O)C1C.